The van der Waals surface area contributed by atoms with E-state index < -0.39 is 10.2 Å². The van der Waals surface area contributed by atoms with E-state index in [1.54, 1.807) is 12.2 Å². The molecule has 0 bridgehead atoms. The molecule has 1 heterocycles. The third-order valence-electron chi connectivity index (χ3n) is 3.13. The van der Waals surface area contributed by atoms with E-state index in [9.17, 15) is 8.42 Å². The van der Waals surface area contributed by atoms with Gasteiger partial charge in [-0.25, -0.2) is 0 Å². The van der Waals surface area contributed by atoms with E-state index in [0.29, 0.717) is 32.7 Å². The highest BCUT2D eigenvalue weighted by molar-refractivity contribution is 7.86. The summed E-state index contributed by atoms with van der Waals surface area (Å²) in [7, 11) is -3.42. The van der Waals surface area contributed by atoms with E-state index in [1.807, 2.05) is 0 Å². The van der Waals surface area contributed by atoms with Gasteiger partial charge in [-0.2, -0.15) is 17.0 Å². The van der Waals surface area contributed by atoms with Crippen molar-refractivity contribution in [1.29, 1.82) is 0 Å². The van der Waals surface area contributed by atoms with Crippen molar-refractivity contribution >= 4 is 10.2 Å². The number of hydrogen-bond acceptors (Lipinski definition) is 3. The zero-order valence-corrected chi connectivity index (χ0v) is 11.6. The van der Waals surface area contributed by atoms with Gasteiger partial charge >= 0.3 is 0 Å². The fraction of sp³-hybridized carbons (Fsp3) is 0.667. The molecule has 1 rings (SSSR count). The second kappa shape index (κ2) is 7.04. The third kappa shape index (κ3) is 3.65. The van der Waals surface area contributed by atoms with Gasteiger partial charge in [0.2, 0.25) is 0 Å². The van der Waals surface area contributed by atoms with Crippen LogP contribution in [0.2, 0.25) is 0 Å². The first kappa shape index (κ1) is 15.4. The quantitative estimate of drug-likeness (QED) is 0.690. The summed E-state index contributed by atoms with van der Waals surface area (Å²) in [6.45, 7) is 9.42. The highest BCUT2D eigenvalue weighted by Gasteiger charge is 2.32. The van der Waals surface area contributed by atoms with E-state index in [2.05, 4.69) is 13.2 Å². The van der Waals surface area contributed by atoms with Crippen LogP contribution in [0.4, 0.5) is 0 Å². The van der Waals surface area contributed by atoms with Gasteiger partial charge in [0.25, 0.3) is 10.2 Å². The number of nitrogens with two attached hydrogens (primary N) is 1. The Labute approximate surface area is 110 Å². The maximum absolute atomic E-state index is 12.4. The van der Waals surface area contributed by atoms with E-state index in [4.69, 9.17) is 5.73 Å². The van der Waals surface area contributed by atoms with Crippen LogP contribution in [0.3, 0.4) is 0 Å². The van der Waals surface area contributed by atoms with Gasteiger partial charge in [0.15, 0.2) is 0 Å². The summed E-state index contributed by atoms with van der Waals surface area (Å²) in [5, 5.41) is 0. The van der Waals surface area contributed by atoms with Crippen molar-refractivity contribution in [3.05, 3.63) is 25.3 Å². The average Bonchev–Trinajstić information content (AvgIpc) is 2.38. The fourth-order valence-corrected chi connectivity index (χ4v) is 3.82. The molecule has 0 amide bonds. The monoisotopic (exact) mass is 273 g/mol. The molecular formula is C12H23N3O2S. The topological polar surface area (TPSA) is 66.6 Å². The number of nitrogens with zero attached hydrogens (tertiary/aromatic N) is 2. The molecule has 1 saturated heterocycles. The third-order valence-corrected chi connectivity index (χ3v) is 5.07. The van der Waals surface area contributed by atoms with Crippen LogP contribution in [0, 0.1) is 5.92 Å². The molecule has 5 nitrogen and oxygen atoms in total. The Hall–Kier alpha value is -0.690. The van der Waals surface area contributed by atoms with Gasteiger partial charge < -0.3 is 5.73 Å². The van der Waals surface area contributed by atoms with Crippen LogP contribution in [-0.4, -0.2) is 49.8 Å². The van der Waals surface area contributed by atoms with E-state index in [-0.39, 0.29) is 5.92 Å². The molecule has 18 heavy (non-hydrogen) atoms. The van der Waals surface area contributed by atoms with Crippen molar-refractivity contribution in [3.63, 3.8) is 0 Å². The largest absolute Gasteiger partial charge is 0.330 e. The Morgan fingerprint density at radius 1 is 1.33 bits per heavy atom. The maximum atomic E-state index is 12.4. The van der Waals surface area contributed by atoms with Crippen molar-refractivity contribution in [2.45, 2.75) is 12.8 Å². The Morgan fingerprint density at radius 2 is 1.94 bits per heavy atom. The lowest BCUT2D eigenvalue weighted by atomic mass is 10.0. The smallest absolute Gasteiger partial charge is 0.282 e. The SMILES string of the molecule is C=CCN(CC=C)S(=O)(=O)N1CCCC(CN)C1. The molecule has 0 aromatic rings. The maximum Gasteiger partial charge on any atom is 0.282 e. The molecule has 0 aliphatic carbocycles. The normalized spacial score (nSPS) is 22.0. The van der Waals surface area contributed by atoms with Gasteiger partial charge in [-0.1, -0.05) is 12.2 Å². The molecule has 1 aliphatic heterocycles. The van der Waals surface area contributed by atoms with Crippen LogP contribution in [-0.2, 0) is 10.2 Å². The Bertz CT molecular complexity index is 371. The summed E-state index contributed by atoms with van der Waals surface area (Å²) in [4.78, 5) is 0. The molecule has 1 unspecified atom stereocenters. The lowest BCUT2D eigenvalue weighted by Gasteiger charge is -2.34. The molecule has 104 valence electrons. The first-order chi connectivity index (χ1) is 8.56. The summed E-state index contributed by atoms with van der Waals surface area (Å²) < 4.78 is 27.8. The van der Waals surface area contributed by atoms with Crippen molar-refractivity contribution in [3.8, 4) is 0 Å². The molecule has 1 atom stereocenters. The van der Waals surface area contributed by atoms with Gasteiger partial charge in [0.1, 0.15) is 0 Å². The van der Waals surface area contributed by atoms with Crippen LogP contribution in [0.15, 0.2) is 25.3 Å². The Balaban J connectivity index is 2.82. The number of rotatable bonds is 7. The van der Waals surface area contributed by atoms with Gasteiger partial charge in [-0.05, 0) is 25.3 Å². The zero-order valence-electron chi connectivity index (χ0n) is 10.8. The standard InChI is InChI=1S/C12H23N3O2S/c1-3-7-14(8-4-2)18(16,17)15-9-5-6-12(10-13)11-15/h3-4,12H,1-2,5-11,13H2. The molecule has 0 radical (unpaired) electrons. The Kier molecular flexibility index (Phi) is 6.01. The summed E-state index contributed by atoms with van der Waals surface area (Å²) in [5.74, 6) is 0.267. The molecule has 0 saturated carbocycles. The van der Waals surface area contributed by atoms with Crippen molar-refractivity contribution in [1.82, 2.24) is 8.61 Å². The van der Waals surface area contributed by atoms with Crippen LogP contribution in [0.25, 0.3) is 0 Å². The van der Waals surface area contributed by atoms with Crippen LogP contribution < -0.4 is 5.73 Å². The lowest BCUT2D eigenvalue weighted by Crippen LogP contribution is -2.49. The van der Waals surface area contributed by atoms with Crippen molar-refractivity contribution < 1.29 is 8.42 Å². The van der Waals surface area contributed by atoms with Crippen LogP contribution in [0.5, 0.6) is 0 Å². The van der Waals surface area contributed by atoms with Crippen LogP contribution >= 0.6 is 0 Å². The summed E-state index contributed by atoms with van der Waals surface area (Å²) in [6.07, 6.45) is 5.05. The molecule has 0 spiro atoms. The zero-order chi connectivity index (χ0) is 13.6. The summed E-state index contributed by atoms with van der Waals surface area (Å²) in [6, 6.07) is 0. The van der Waals surface area contributed by atoms with Gasteiger partial charge in [0, 0.05) is 26.2 Å². The van der Waals surface area contributed by atoms with Gasteiger partial charge in [0.05, 0.1) is 0 Å². The van der Waals surface area contributed by atoms with Gasteiger partial charge in [-0.3, -0.25) is 0 Å². The molecule has 1 fully saturated rings. The van der Waals surface area contributed by atoms with Gasteiger partial charge in [-0.15, -0.1) is 13.2 Å². The van der Waals surface area contributed by atoms with Crippen molar-refractivity contribution in [2.75, 3.05) is 32.7 Å². The Morgan fingerprint density at radius 3 is 2.44 bits per heavy atom. The fourth-order valence-electron chi connectivity index (χ4n) is 2.14. The average molecular weight is 273 g/mol. The lowest BCUT2D eigenvalue weighted by molar-refractivity contribution is 0.255. The summed E-state index contributed by atoms with van der Waals surface area (Å²) >= 11 is 0. The van der Waals surface area contributed by atoms with E-state index >= 15 is 0 Å². The minimum Gasteiger partial charge on any atom is -0.330 e. The second-order valence-corrected chi connectivity index (χ2v) is 6.43. The predicted molar refractivity (Wildman–Crippen MR) is 74.2 cm³/mol. The molecule has 2 N–H and O–H groups in total. The minimum atomic E-state index is -3.42. The molecule has 6 heteroatoms. The highest BCUT2D eigenvalue weighted by atomic mass is 32.2. The first-order valence-electron chi connectivity index (χ1n) is 6.23. The van der Waals surface area contributed by atoms with E-state index in [0.717, 1.165) is 12.8 Å². The first-order valence-corrected chi connectivity index (χ1v) is 7.63. The molecular weight excluding hydrogens is 250 g/mol. The highest BCUT2D eigenvalue weighted by Crippen LogP contribution is 2.20. The van der Waals surface area contributed by atoms with E-state index in [1.165, 1.54) is 8.61 Å². The molecule has 0 aromatic carbocycles. The number of hydrogen-bond donors (Lipinski definition) is 1. The molecule has 1 aliphatic rings. The summed E-state index contributed by atoms with van der Waals surface area (Å²) in [5.41, 5.74) is 5.63. The minimum absolute atomic E-state index is 0.267. The van der Waals surface area contributed by atoms with Crippen molar-refractivity contribution in [2.24, 2.45) is 11.7 Å². The predicted octanol–water partition coefficient (Wildman–Crippen LogP) is 0.576. The van der Waals surface area contributed by atoms with Crippen LogP contribution in [0.1, 0.15) is 12.8 Å². The number of piperidine rings is 1. The second-order valence-electron chi connectivity index (χ2n) is 4.50. The molecule has 0 aromatic heterocycles.